The lowest BCUT2D eigenvalue weighted by atomic mass is 10.3. The normalized spacial score (nSPS) is 21.6. The van der Waals surface area contributed by atoms with E-state index in [1.165, 1.54) is 23.2 Å². The van der Waals surface area contributed by atoms with Crippen molar-refractivity contribution in [1.82, 2.24) is 9.42 Å². The summed E-state index contributed by atoms with van der Waals surface area (Å²) in [4.78, 5) is -0.0279. The van der Waals surface area contributed by atoms with Crippen LogP contribution >= 0.6 is 23.2 Å². The highest BCUT2D eigenvalue weighted by molar-refractivity contribution is 7.92. The topological polar surface area (TPSA) is 74.8 Å². The molecule has 1 heterocycles. The molecule has 1 aliphatic heterocycles. The van der Waals surface area contributed by atoms with Crippen LogP contribution in [0.1, 0.15) is 6.42 Å². The van der Waals surface area contributed by atoms with Crippen LogP contribution in [-0.4, -0.2) is 57.9 Å². The van der Waals surface area contributed by atoms with E-state index >= 15 is 0 Å². The van der Waals surface area contributed by atoms with Crippen molar-refractivity contribution in [1.29, 1.82) is 0 Å². The van der Waals surface area contributed by atoms with Gasteiger partial charge < -0.3 is 0 Å². The van der Waals surface area contributed by atoms with Crippen molar-refractivity contribution in [3.8, 4) is 0 Å². The second-order valence-corrected chi connectivity index (χ2v) is 10.1. The van der Waals surface area contributed by atoms with Crippen molar-refractivity contribution < 1.29 is 16.8 Å². The Bertz CT molecular complexity index is 778. The standard InChI is InChI=1S/C12H16Cl2N2O4S2/c1-15(2)16(9-5-6-21(17,18)8-9)22(19,20)10-3-4-11(13)12(14)7-10/h3-4,7,9H,5-6,8H2,1-2H3/t9-/m1/s1. The first-order valence-electron chi connectivity index (χ1n) is 6.42. The van der Waals surface area contributed by atoms with Gasteiger partial charge >= 0.3 is 0 Å². The van der Waals surface area contributed by atoms with Crippen LogP contribution in [0.5, 0.6) is 0 Å². The predicted octanol–water partition coefficient (Wildman–Crippen LogP) is 1.65. The van der Waals surface area contributed by atoms with E-state index in [9.17, 15) is 16.8 Å². The van der Waals surface area contributed by atoms with Crippen LogP contribution < -0.4 is 0 Å². The monoisotopic (exact) mass is 386 g/mol. The summed E-state index contributed by atoms with van der Waals surface area (Å²) in [5, 5.41) is 1.75. The van der Waals surface area contributed by atoms with Gasteiger partial charge in [0.1, 0.15) is 0 Å². The molecule has 0 amide bonds. The average molecular weight is 387 g/mol. The molecule has 0 saturated carbocycles. The third-order valence-electron chi connectivity index (χ3n) is 3.35. The Morgan fingerprint density at radius 2 is 1.82 bits per heavy atom. The van der Waals surface area contributed by atoms with Gasteiger partial charge in [-0.1, -0.05) is 23.2 Å². The van der Waals surface area contributed by atoms with Gasteiger partial charge in [0, 0.05) is 14.1 Å². The van der Waals surface area contributed by atoms with Crippen LogP contribution in [-0.2, 0) is 19.9 Å². The van der Waals surface area contributed by atoms with Gasteiger partial charge in [-0.05, 0) is 24.6 Å². The minimum absolute atomic E-state index is 0.0150. The molecule has 1 aliphatic rings. The average Bonchev–Trinajstić information content (AvgIpc) is 2.71. The third-order valence-corrected chi connectivity index (χ3v) is 7.81. The minimum Gasteiger partial charge on any atom is -0.234 e. The molecular formula is C12H16Cl2N2O4S2. The van der Waals surface area contributed by atoms with Gasteiger partial charge in [0.25, 0.3) is 10.0 Å². The molecule has 1 fully saturated rings. The Hall–Kier alpha value is -0.380. The third kappa shape index (κ3) is 3.58. The van der Waals surface area contributed by atoms with Crippen LogP contribution in [0.25, 0.3) is 0 Å². The fourth-order valence-corrected chi connectivity index (χ4v) is 6.31. The van der Waals surface area contributed by atoms with E-state index in [-0.39, 0.29) is 32.9 Å². The molecule has 0 unspecified atom stereocenters. The highest BCUT2D eigenvalue weighted by Crippen LogP contribution is 2.29. The Balaban J connectivity index is 2.45. The van der Waals surface area contributed by atoms with Crippen LogP contribution in [0.15, 0.2) is 23.1 Å². The van der Waals surface area contributed by atoms with Crippen LogP contribution in [0.2, 0.25) is 10.0 Å². The maximum Gasteiger partial charge on any atom is 0.256 e. The molecule has 1 atom stereocenters. The number of hydrazine groups is 1. The summed E-state index contributed by atoms with van der Waals surface area (Å²) in [6.07, 6.45) is 0.265. The highest BCUT2D eigenvalue weighted by atomic mass is 35.5. The molecule has 22 heavy (non-hydrogen) atoms. The van der Waals surface area contributed by atoms with Crippen molar-refractivity contribution in [2.24, 2.45) is 0 Å². The Kier molecular flexibility index (Phi) is 5.11. The van der Waals surface area contributed by atoms with Gasteiger partial charge in [0.15, 0.2) is 9.84 Å². The molecule has 0 aliphatic carbocycles. The molecule has 0 N–H and O–H groups in total. The van der Waals surface area contributed by atoms with E-state index in [1.807, 2.05) is 0 Å². The number of benzene rings is 1. The smallest absolute Gasteiger partial charge is 0.234 e. The summed E-state index contributed by atoms with van der Waals surface area (Å²) in [5.74, 6) is -0.204. The molecule has 0 bridgehead atoms. The second-order valence-electron chi connectivity index (χ2n) is 5.26. The van der Waals surface area contributed by atoms with Crippen molar-refractivity contribution in [3.63, 3.8) is 0 Å². The van der Waals surface area contributed by atoms with Gasteiger partial charge in [-0.3, -0.25) is 0 Å². The van der Waals surface area contributed by atoms with Crippen LogP contribution in [0.4, 0.5) is 0 Å². The quantitative estimate of drug-likeness (QED) is 0.735. The molecule has 0 spiro atoms. The number of sulfone groups is 1. The summed E-state index contributed by atoms with van der Waals surface area (Å²) >= 11 is 11.7. The highest BCUT2D eigenvalue weighted by Gasteiger charge is 2.40. The first-order valence-corrected chi connectivity index (χ1v) is 10.4. The number of hydrogen-bond acceptors (Lipinski definition) is 5. The summed E-state index contributed by atoms with van der Waals surface area (Å²) in [7, 11) is -4.02. The van der Waals surface area contributed by atoms with E-state index in [2.05, 4.69) is 0 Å². The first kappa shape index (κ1) is 18.0. The molecule has 1 aromatic carbocycles. The Morgan fingerprint density at radius 1 is 1.18 bits per heavy atom. The summed E-state index contributed by atoms with van der Waals surface area (Å²) < 4.78 is 50.0. The van der Waals surface area contributed by atoms with Crippen LogP contribution in [0, 0.1) is 0 Å². The zero-order valence-electron chi connectivity index (χ0n) is 12.0. The van der Waals surface area contributed by atoms with Crippen molar-refractivity contribution in [3.05, 3.63) is 28.2 Å². The number of nitrogens with zero attached hydrogens (tertiary/aromatic N) is 2. The predicted molar refractivity (Wildman–Crippen MR) is 86.2 cm³/mol. The molecule has 0 radical (unpaired) electrons. The molecule has 1 aromatic rings. The Labute approximate surface area is 140 Å². The van der Waals surface area contributed by atoms with E-state index < -0.39 is 25.9 Å². The van der Waals surface area contributed by atoms with Gasteiger partial charge in [-0.15, -0.1) is 4.41 Å². The molecule has 2 rings (SSSR count). The van der Waals surface area contributed by atoms with Crippen molar-refractivity contribution in [2.75, 3.05) is 25.6 Å². The second kappa shape index (κ2) is 6.26. The fourth-order valence-electron chi connectivity index (χ4n) is 2.43. The van der Waals surface area contributed by atoms with E-state index in [0.717, 1.165) is 4.41 Å². The molecular weight excluding hydrogens is 371 g/mol. The van der Waals surface area contributed by atoms with Crippen molar-refractivity contribution >= 4 is 43.1 Å². The van der Waals surface area contributed by atoms with Gasteiger partial charge in [-0.2, -0.15) is 0 Å². The van der Waals surface area contributed by atoms with Crippen LogP contribution in [0.3, 0.4) is 0 Å². The molecule has 124 valence electrons. The van der Waals surface area contributed by atoms with Crippen molar-refractivity contribution in [2.45, 2.75) is 17.4 Å². The van der Waals surface area contributed by atoms with E-state index in [1.54, 1.807) is 14.1 Å². The number of rotatable bonds is 4. The maximum absolute atomic E-state index is 12.8. The summed E-state index contributed by atoms with van der Waals surface area (Å²) in [6, 6.07) is 3.39. The number of hydrogen-bond donors (Lipinski definition) is 0. The lowest BCUT2D eigenvalue weighted by Crippen LogP contribution is -2.49. The lowest BCUT2D eigenvalue weighted by Gasteiger charge is -2.32. The zero-order valence-corrected chi connectivity index (χ0v) is 15.2. The summed E-state index contributed by atoms with van der Waals surface area (Å²) in [6.45, 7) is 0. The largest absolute Gasteiger partial charge is 0.256 e. The minimum atomic E-state index is -3.92. The maximum atomic E-state index is 12.8. The number of sulfonamides is 1. The molecule has 1 saturated heterocycles. The van der Waals surface area contributed by atoms with E-state index in [0.29, 0.717) is 0 Å². The molecule has 6 nitrogen and oxygen atoms in total. The van der Waals surface area contributed by atoms with Gasteiger partial charge in [0.2, 0.25) is 0 Å². The lowest BCUT2D eigenvalue weighted by molar-refractivity contribution is 0.0893. The van der Waals surface area contributed by atoms with Gasteiger partial charge in [0.05, 0.1) is 32.5 Å². The first-order chi connectivity index (χ1) is 10.0. The SMILES string of the molecule is CN(C)N([C@@H]1CCS(=O)(=O)C1)S(=O)(=O)c1ccc(Cl)c(Cl)c1. The zero-order chi connectivity index (χ0) is 16.7. The van der Waals surface area contributed by atoms with Gasteiger partial charge in [-0.25, -0.2) is 21.8 Å². The van der Waals surface area contributed by atoms with E-state index in [4.69, 9.17) is 23.2 Å². The fraction of sp³-hybridized carbons (Fsp3) is 0.500. The summed E-state index contributed by atoms with van der Waals surface area (Å²) in [5.41, 5.74) is 0. The number of halogens is 2. The molecule has 10 heteroatoms. The molecule has 0 aromatic heterocycles. The Morgan fingerprint density at radius 3 is 2.27 bits per heavy atom.